The Balaban J connectivity index is 1.83. The monoisotopic (exact) mass is 590 g/mol. The maximum atomic E-state index is 14.2. The Labute approximate surface area is 233 Å². The van der Waals surface area contributed by atoms with Crippen LogP contribution in [0.3, 0.4) is 0 Å². The van der Waals surface area contributed by atoms with Gasteiger partial charge >= 0.3 is 0 Å². The molecule has 0 amide bonds. The molecule has 0 N–H and O–H groups in total. The second-order valence-electron chi connectivity index (χ2n) is 8.60. The van der Waals surface area contributed by atoms with Gasteiger partial charge in [-0.15, -0.1) is 0 Å². The fourth-order valence-electron chi connectivity index (χ4n) is 3.91. The van der Waals surface area contributed by atoms with Gasteiger partial charge in [0.15, 0.2) is 33.1 Å². The molecule has 4 rings (SSSR count). The van der Waals surface area contributed by atoms with Gasteiger partial charge < -0.3 is 0 Å². The highest BCUT2D eigenvalue weighted by atomic mass is 35.5. The normalized spacial score (nSPS) is 13.7. The van der Waals surface area contributed by atoms with Crippen LogP contribution in [-0.4, -0.2) is 8.42 Å². The van der Waals surface area contributed by atoms with Gasteiger partial charge in [0.25, 0.3) is 0 Å². The molecule has 0 aliphatic carbocycles. The van der Waals surface area contributed by atoms with E-state index in [0.717, 1.165) is 24.3 Å². The summed E-state index contributed by atoms with van der Waals surface area (Å²) in [5.41, 5.74) is 1.25. The van der Waals surface area contributed by atoms with Crippen molar-refractivity contribution in [1.29, 1.82) is 0 Å². The van der Waals surface area contributed by atoms with Crippen molar-refractivity contribution in [2.75, 3.05) is 0 Å². The van der Waals surface area contributed by atoms with Gasteiger partial charge in [0, 0.05) is 10.0 Å². The molecule has 0 fully saturated rings. The van der Waals surface area contributed by atoms with Crippen molar-refractivity contribution in [3.63, 3.8) is 0 Å². The average molecular weight is 591 g/mol. The highest BCUT2D eigenvalue weighted by molar-refractivity contribution is 7.92. The highest BCUT2D eigenvalue weighted by Crippen LogP contribution is 2.38. The predicted molar refractivity (Wildman–Crippen MR) is 148 cm³/mol. The molecule has 9 heteroatoms. The van der Waals surface area contributed by atoms with Crippen molar-refractivity contribution < 1.29 is 26.0 Å². The lowest BCUT2D eigenvalue weighted by Gasteiger charge is -2.22. The largest absolute Gasteiger partial charge is 0.227 e. The van der Waals surface area contributed by atoms with Gasteiger partial charge in [0.05, 0.1) is 0 Å². The summed E-state index contributed by atoms with van der Waals surface area (Å²) in [4.78, 5) is 0. The van der Waals surface area contributed by atoms with Gasteiger partial charge in [0.2, 0.25) is 0 Å². The van der Waals surface area contributed by atoms with Gasteiger partial charge in [-0.1, -0.05) is 83.9 Å². The first-order valence-corrected chi connectivity index (χ1v) is 13.9. The molecule has 0 bridgehead atoms. The molecule has 2 unspecified atom stereocenters. The average Bonchev–Trinajstić information content (AvgIpc) is 2.90. The third-order valence-electron chi connectivity index (χ3n) is 5.92. The van der Waals surface area contributed by atoms with Crippen LogP contribution in [0.1, 0.15) is 32.8 Å². The van der Waals surface area contributed by atoms with E-state index in [2.05, 4.69) is 0 Å². The van der Waals surface area contributed by atoms with E-state index in [4.69, 9.17) is 23.2 Å². The molecule has 200 valence electrons. The van der Waals surface area contributed by atoms with E-state index in [1.165, 1.54) is 36.4 Å². The van der Waals surface area contributed by atoms with E-state index in [1.807, 2.05) is 0 Å². The molecule has 0 radical (unpaired) electrons. The topological polar surface area (TPSA) is 34.1 Å². The first-order valence-electron chi connectivity index (χ1n) is 11.5. The minimum Gasteiger partial charge on any atom is -0.227 e. The minimum atomic E-state index is -4.17. The van der Waals surface area contributed by atoms with Crippen molar-refractivity contribution in [3.05, 3.63) is 153 Å². The molecule has 0 saturated carbocycles. The number of hydrogen-bond donors (Lipinski definition) is 0. The van der Waals surface area contributed by atoms with Crippen LogP contribution >= 0.6 is 23.2 Å². The molecule has 0 spiro atoms. The molecule has 4 aromatic carbocycles. The first kappa shape index (κ1) is 28.6. The Bertz CT molecular complexity index is 1520. The molecule has 4 aromatic rings. The zero-order valence-electron chi connectivity index (χ0n) is 20.0. The Morgan fingerprint density at radius 1 is 0.538 bits per heavy atom. The molecule has 2 nitrogen and oxygen atoms in total. The Hall–Kier alpha value is -3.39. The minimum absolute atomic E-state index is 0.253. The molecule has 0 aliphatic rings. The SMILES string of the molecule is O=S(=O)(C(C=Cc1ccc(F)c(F)c1)c1ccc(Cl)cc1)C(C=Cc1ccc(F)c(F)c1)c1ccc(Cl)cc1. The second-order valence-corrected chi connectivity index (χ2v) is 11.7. The lowest BCUT2D eigenvalue weighted by atomic mass is 10.1. The van der Waals surface area contributed by atoms with E-state index in [-0.39, 0.29) is 11.1 Å². The molecule has 2 atom stereocenters. The van der Waals surface area contributed by atoms with Gasteiger partial charge in [-0.2, -0.15) is 0 Å². The number of halogens is 6. The van der Waals surface area contributed by atoms with Crippen LogP contribution in [0.4, 0.5) is 17.6 Å². The number of hydrogen-bond acceptors (Lipinski definition) is 2. The second kappa shape index (κ2) is 12.2. The Kier molecular flexibility index (Phi) is 8.95. The van der Waals surface area contributed by atoms with E-state index in [1.54, 1.807) is 48.5 Å². The molecule has 0 aromatic heterocycles. The van der Waals surface area contributed by atoms with Crippen LogP contribution in [0.5, 0.6) is 0 Å². The third kappa shape index (κ3) is 6.98. The summed E-state index contributed by atoms with van der Waals surface area (Å²) < 4.78 is 82.9. The fraction of sp³-hybridized carbons (Fsp3) is 0.0667. The van der Waals surface area contributed by atoms with Crippen LogP contribution in [0.2, 0.25) is 10.0 Å². The lowest BCUT2D eigenvalue weighted by molar-refractivity contribution is 0.508. The summed E-state index contributed by atoms with van der Waals surface area (Å²) in [6.45, 7) is 0. The number of sulfone groups is 1. The van der Waals surface area contributed by atoms with Gasteiger partial charge in [-0.05, 0) is 70.8 Å². The van der Waals surface area contributed by atoms with Crippen LogP contribution in [-0.2, 0) is 9.84 Å². The van der Waals surface area contributed by atoms with Gasteiger partial charge in [-0.25, -0.2) is 26.0 Å². The number of rotatable bonds is 8. The smallest absolute Gasteiger partial charge is 0.171 e. The summed E-state index contributed by atoms with van der Waals surface area (Å²) in [7, 11) is -4.17. The predicted octanol–water partition coefficient (Wildman–Crippen LogP) is 9.17. The summed E-state index contributed by atoms with van der Waals surface area (Å²) in [6, 6.07) is 18.8. The maximum absolute atomic E-state index is 14.2. The van der Waals surface area contributed by atoms with Crippen molar-refractivity contribution in [1.82, 2.24) is 0 Å². The van der Waals surface area contributed by atoms with Gasteiger partial charge in [0.1, 0.15) is 10.5 Å². The van der Waals surface area contributed by atoms with E-state index >= 15 is 0 Å². The Morgan fingerprint density at radius 3 is 1.23 bits per heavy atom. The quantitative estimate of drug-likeness (QED) is 0.192. The van der Waals surface area contributed by atoms with Crippen molar-refractivity contribution >= 4 is 45.2 Å². The third-order valence-corrected chi connectivity index (χ3v) is 8.70. The zero-order valence-corrected chi connectivity index (χ0v) is 22.4. The summed E-state index contributed by atoms with van der Waals surface area (Å²) in [5, 5.41) is -1.71. The first-order chi connectivity index (χ1) is 18.5. The van der Waals surface area contributed by atoms with E-state index < -0.39 is 43.6 Å². The van der Waals surface area contributed by atoms with Crippen molar-refractivity contribution in [2.45, 2.75) is 10.5 Å². The molecular weight excluding hydrogens is 571 g/mol. The maximum Gasteiger partial charge on any atom is 0.171 e. The fourth-order valence-corrected chi connectivity index (χ4v) is 6.15. The van der Waals surface area contributed by atoms with Crippen LogP contribution in [0.15, 0.2) is 97.1 Å². The zero-order chi connectivity index (χ0) is 28.2. The molecule has 39 heavy (non-hydrogen) atoms. The summed E-state index contributed by atoms with van der Waals surface area (Å²) in [5.74, 6) is -4.20. The Morgan fingerprint density at radius 2 is 0.897 bits per heavy atom. The van der Waals surface area contributed by atoms with Crippen LogP contribution < -0.4 is 0 Å². The molecule has 0 heterocycles. The van der Waals surface area contributed by atoms with Crippen molar-refractivity contribution in [2.24, 2.45) is 0 Å². The standard InChI is InChI=1S/C30H20Cl2F4O2S/c31-23-9-5-21(6-10-23)29(15-3-19-1-13-25(33)27(35)17-19)39(37,38)30(22-7-11-24(32)12-8-22)16-4-20-2-14-26(34)28(36)18-20/h1-18,29-30H. The van der Waals surface area contributed by atoms with Crippen LogP contribution in [0, 0.1) is 23.3 Å². The number of benzene rings is 4. The highest BCUT2D eigenvalue weighted by Gasteiger charge is 2.33. The molecule has 0 saturated heterocycles. The van der Waals surface area contributed by atoms with E-state index in [0.29, 0.717) is 21.2 Å². The van der Waals surface area contributed by atoms with E-state index in [9.17, 15) is 26.0 Å². The molecule has 0 aliphatic heterocycles. The summed E-state index contributed by atoms with van der Waals surface area (Å²) in [6.07, 6.45) is 5.52. The lowest BCUT2D eigenvalue weighted by Crippen LogP contribution is -2.19. The van der Waals surface area contributed by atoms with Crippen LogP contribution in [0.25, 0.3) is 12.2 Å². The molecular formula is C30H20Cl2F4O2S. The summed E-state index contributed by atoms with van der Waals surface area (Å²) >= 11 is 12.0. The van der Waals surface area contributed by atoms with Gasteiger partial charge in [-0.3, -0.25) is 0 Å². The van der Waals surface area contributed by atoms with Crippen molar-refractivity contribution in [3.8, 4) is 0 Å².